The van der Waals surface area contributed by atoms with Gasteiger partial charge in [0, 0.05) is 31.1 Å². The minimum absolute atomic E-state index is 0.00144. The summed E-state index contributed by atoms with van der Waals surface area (Å²) in [6, 6.07) is 6.35. The Bertz CT molecular complexity index is 1450. The maximum atomic E-state index is 14.9. The number of phenolic OH excluding ortho intramolecular Hbond substituents is 1. The summed E-state index contributed by atoms with van der Waals surface area (Å²) in [7, 11) is 0. The molecular weight excluding hydrogens is 525 g/mol. The number of nitrogens with zero attached hydrogens (tertiary/aromatic N) is 4. The maximum Gasteiger partial charge on any atom is 0.318 e. The Kier molecular flexibility index (Phi) is 7.70. The van der Waals surface area contributed by atoms with Crippen LogP contribution in [0.1, 0.15) is 73.5 Å². The molecule has 6 rings (SSSR count). The fourth-order valence-electron chi connectivity index (χ4n) is 6.43. The van der Waals surface area contributed by atoms with Crippen molar-refractivity contribution in [3.05, 3.63) is 46.9 Å². The van der Waals surface area contributed by atoms with Gasteiger partial charge in [0.25, 0.3) is 5.91 Å². The number of aryl methyl sites for hydroxylation is 1. The molecule has 2 fully saturated rings. The molecule has 0 atom stereocenters. The summed E-state index contributed by atoms with van der Waals surface area (Å²) < 4.78 is 26.8. The molecule has 0 radical (unpaired) electrons. The fourth-order valence-corrected chi connectivity index (χ4v) is 6.43. The number of hydrogen-bond donors (Lipinski definition) is 2. The summed E-state index contributed by atoms with van der Waals surface area (Å²) in [6.07, 6.45) is 7.53. The lowest BCUT2D eigenvalue weighted by molar-refractivity contribution is 0.0996. The number of halogens is 1. The van der Waals surface area contributed by atoms with E-state index in [4.69, 9.17) is 25.2 Å². The molecule has 9 nitrogen and oxygen atoms in total. The molecule has 2 aliphatic heterocycles. The number of hydrogen-bond acceptors (Lipinski definition) is 8. The van der Waals surface area contributed by atoms with Crippen LogP contribution >= 0.6 is 0 Å². The summed E-state index contributed by atoms with van der Waals surface area (Å²) >= 11 is 0. The van der Waals surface area contributed by atoms with Gasteiger partial charge in [-0.15, -0.1) is 0 Å². The van der Waals surface area contributed by atoms with Crippen LogP contribution < -0.4 is 20.3 Å². The van der Waals surface area contributed by atoms with Gasteiger partial charge in [0.2, 0.25) is 0 Å². The van der Waals surface area contributed by atoms with Gasteiger partial charge in [0.15, 0.2) is 0 Å². The van der Waals surface area contributed by atoms with E-state index < -0.39 is 5.54 Å². The zero-order valence-electron chi connectivity index (χ0n) is 23.6. The first-order valence-corrected chi connectivity index (χ1v) is 14.8. The van der Waals surface area contributed by atoms with Gasteiger partial charge in [-0.25, -0.2) is 4.39 Å². The second-order valence-corrected chi connectivity index (χ2v) is 11.5. The van der Waals surface area contributed by atoms with Crippen LogP contribution in [0.25, 0.3) is 10.8 Å². The number of fused-ring (bicyclic) bond motifs is 2. The van der Waals surface area contributed by atoms with Gasteiger partial charge in [-0.05, 0) is 48.8 Å². The lowest BCUT2D eigenvalue weighted by Gasteiger charge is -2.28. The number of phenols is 1. The van der Waals surface area contributed by atoms with Crippen molar-refractivity contribution in [1.82, 2.24) is 9.97 Å². The summed E-state index contributed by atoms with van der Waals surface area (Å²) in [4.78, 5) is 27.3. The highest BCUT2D eigenvalue weighted by Gasteiger charge is 2.38. The number of carbonyl (C=O) groups excluding carboxylic acids is 1. The minimum atomic E-state index is -0.432. The van der Waals surface area contributed by atoms with E-state index in [0.29, 0.717) is 78.4 Å². The number of rotatable bonds is 6. The number of anilines is 2. The van der Waals surface area contributed by atoms with Gasteiger partial charge in [-0.1, -0.05) is 38.7 Å². The first kappa shape index (κ1) is 27.7. The zero-order chi connectivity index (χ0) is 28.6. The van der Waals surface area contributed by atoms with Gasteiger partial charge in [0.1, 0.15) is 29.6 Å². The van der Waals surface area contributed by atoms with Crippen LogP contribution in [0.3, 0.4) is 0 Å². The average molecular weight is 564 g/mol. The van der Waals surface area contributed by atoms with Crippen molar-refractivity contribution >= 4 is 28.2 Å². The van der Waals surface area contributed by atoms with Gasteiger partial charge >= 0.3 is 6.01 Å². The quantitative estimate of drug-likeness (QED) is 0.409. The molecule has 41 heavy (non-hydrogen) atoms. The Hall–Kier alpha value is -3.50. The molecule has 3 aromatic rings. The van der Waals surface area contributed by atoms with Crippen molar-refractivity contribution in [3.63, 3.8) is 0 Å². The molecule has 10 heteroatoms. The number of amides is 1. The van der Waals surface area contributed by atoms with Crippen LogP contribution in [0, 0.1) is 5.82 Å². The highest BCUT2D eigenvalue weighted by molar-refractivity contribution is 6.16. The van der Waals surface area contributed by atoms with Crippen molar-refractivity contribution in [2.24, 2.45) is 5.73 Å². The largest absolute Gasteiger partial charge is 0.508 e. The molecule has 1 saturated heterocycles. The monoisotopic (exact) mass is 563 g/mol. The van der Waals surface area contributed by atoms with Gasteiger partial charge in [-0.3, -0.25) is 4.79 Å². The van der Waals surface area contributed by atoms with E-state index in [1.807, 2.05) is 6.92 Å². The van der Waals surface area contributed by atoms with Gasteiger partial charge in [-0.2, -0.15) is 9.97 Å². The third-order valence-electron chi connectivity index (χ3n) is 8.60. The summed E-state index contributed by atoms with van der Waals surface area (Å²) in [5, 5.41) is 11.8. The SMILES string of the molecule is CCc1c(F)ccc2cc(O)cc(N3Cc4nc(OCC5(N)CCCCCC5)nc(N5CCCOCC5)c4C3=O)c12. The number of nitrogens with two attached hydrogens (primary N) is 1. The lowest BCUT2D eigenvalue weighted by atomic mass is 9.93. The summed E-state index contributed by atoms with van der Waals surface area (Å²) in [5.74, 6) is -0.113. The molecule has 2 aromatic carbocycles. The van der Waals surface area contributed by atoms with E-state index in [1.54, 1.807) is 17.0 Å². The van der Waals surface area contributed by atoms with E-state index in [2.05, 4.69) is 4.90 Å². The predicted molar refractivity (Wildman–Crippen MR) is 155 cm³/mol. The Morgan fingerprint density at radius 2 is 1.90 bits per heavy atom. The van der Waals surface area contributed by atoms with Crippen LogP contribution in [0.5, 0.6) is 11.8 Å². The lowest BCUT2D eigenvalue weighted by Crippen LogP contribution is -2.45. The predicted octanol–water partition coefficient (Wildman–Crippen LogP) is 4.85. The Balaban J connectivity index is 1.41. The van der Waals surface area contributed by atoms with Crippen molar-refractivity contribution in [1.29, 1.82) is 0 Å². The zero-order valence-corrected chi connectivity index (χ0v) is 23.6. The molecule has 3 heterocycles. The van der Waals surface area contributed by atoms with Crippen LogP contribution in [-0.2, 0) is 17.7 Å². The minimum Gasteiger partial charge on any atom is -0.508 e. The van der Waals surface area contributed by atoms with Crippen LogP contribution in [0.2, 0.25) is 0 Å². The van der Waals surface area contributed by atoms with Crippen molar-refractivity contribution in [2.75, 3.05) is 42.7 Å². The Morgan fingerprint density at radius 3 is 2.68 bits per heavy atom. The molecule has 218 valence electrons. The van der Waals surface area contributed by atoms with Gasteiger partial charge < -0.3 is 30.1 Å². The summed E-state index contributed by atoms with van der Waals surface area (Å²) in [5.41, 5.74) is 8.18. The van der Waals surface area contributed by atoms with E-state index in [1.165, 1.54) is 25.0 Å². The molecule has 1 amide bonds. The number of carbonyl (C=O) groups is 1. The smallest absolute Gasteiger partial charge is 0.318 e. The highest BCUT2D eigenvalue weighted by atomic mass is 19.1. The molecule has 3 N–H and O–H groups in total. The molecule has 1 aliphatic carbocycles. The Morgan fingerprint density at radius 1 is 1.10 bits per heavy atom. The highest BCUT2D eigenvalue weighted by Crippen LogP contribution is 2.41. The first-order valence-electron chi connectivity index (χ1n) is 14.8. The maximum absolute atomic E-state index is 14.9. The standard InChI is InChI=1S/C31H38FN5O4/c1-2-22-23(32)9-8-20-16-21(38)17-25(26(20)22)37-18-24-27(29(37)39)28(36-12-7-14-40-15-13-36)35-30(34-24)41-19-31(33)10-5-3-4-6-11-31/h8-9,16-17,38H,2-7,10-15,18-19,33H2,1H3. The third kappa shape index (κ3) is 5.42. The van der Waals surface area contributed by atoms with Crippen molar-refractivity contribution in [3.8, 4) is 11.8 Å². The molecule has 0 unspecified atom stereocenters. The molecule has 0 bridgehead atoms. The van der Waals surface area contributed by atoms with E-state index in [0.717, 1.165) is 32.1 Å². The van der Waals surface area contributed by atoms with Crippen molar-refractivity contribution in [2.45, 2.75) is 70.4 Å². The Labute approximate surface area is 239 Å². The number of benzene rings is 2. The topological polar surface area (TPSA) is 114 Å². The molecule has 1 saturated carbocycles. The third-order valence-corrected chi connectivity index (χ3v) is 8.60. The number of ether oxygens (including phenoxy) is 2. The first-order chi connectivity index (χ1) is 19.9. The summed E-state index contributed by atoms with van der Waals surface area (Å²) in [6.45, 7) is 4.76. The average Bonchev–Trinajstić information content (AvgIpc) is 3.16. The molecule has 3 aliphatic rings. The van der Waals surface area contributed by atoms with E-state index in [-0.39, 0.29) is 30.0 Å². The van der Waals surface area contributed by atoms with Gasteiger partial charge in [0.05, 0.1) is 30.1 Å². The molecular formula is C31H38FN5O4. The van der Waals surface area contributed by atoms with E-state index in [9.17, 15) is 14.3 Å². The molecule has 1 aromatic heterocycles. The normalized spacial score (nSPS) is 19.2. The van der Waals surface area contributed by atoms with Crippen LogP contribution in [0.4, 0.5) is 15.9 Å². The molecule has 0 spiro atoms. The second kappa shape index (κ2) is 11.4. The van der Waals surface area contributed by atoms with E-state index >= 15 is 0 Å². The number of aromatic nitrogens is 2. The van der Waals surface area contributed by atoms with Crippen molar-refractivity contribution < 1.29 is 23.8 Å². The van der Waals surface area contributed by atoms with Crippen LogP contribution in [-0.4, -0.2) is 59.4 Å². The number of aromatic hydroxyl groups is 1. The fraction of sp³-hybridized carbons (Fsp3) is 0.516. The second-order valence-electron chi connectivity index (χ2n) is 11.5. The van der Waals surface area contributed by atoms with Crippen LogP contribution in [0.15, 0.2) is 24.3 Å².